The Morgan fingerprint density at radius 1 is 0.796 bits per heavy atom. The van der Waals surface area contributed by atoms with Gasteiger partial charge in [-0.3, -0.25) is 19.4 Å². The molecule has 1 saturated heterocycles. The van der Waals surface area contributed by atoms with Crippen LogP contribution in [0.1, 0.15) is 83.1 Å². The lowest BCUT2D eigenvalue weighted by atomic mass is 10.00. The maximum Gasteiger partial charge on any atom is 0.234 e. The molecule has 0 aromatic heterocycles. The number of amides is 2. The Kier molecular flexibility index (Phi) is 17.0. The third kappa shape index (κ3) is 12.8. The monoisotopic (exact) mass is 705 g/mol. The molecule has 2 aromatic carbocycles. The number of piperazine rings is 1. The van der Waals surface area contributed by atoms with Gasteiger partial charge in [-0.15, -0.1) is 0 Å². The van der Waals surface area contributed by atoms with Crippen molar-refractivity contribution in [3.05, 3.63) is 101 Å². The number of nitrogens with zero attached hydrogens (tertiary/aromatic N) is 3. The molecule has 2 amide bonds. The van der Waals surface area contributed by atoms with Gasteiger partial charge in [0.15, 0.2) is 0 Å². The van der Waals surface area contributed by atoms with Crippen LogP contribution < -0.4 is 14.5 Å². The van der Waals surface area contributed by atoms with E-state index in [1.807, 2.05) is 36.4 Å². The average Bonchev–Trinajstić information content (AvgIpc) is 3.11. The summed E-state index contributed by atoms with van der Waals surface area (Å²) >= 11 is 12.6. The zero-order valence-electron chi connectivity index (χ0n) is 29.1. The molecule has 0 bridgehead atoms. The van der Waals surface area contributed by atoms with Gasteiger partial charge in [0, 0.05) is 45.1 Å². The highest BCUT2D eigenvalue weighted by Gasteiger charge is 2.29. The van der Waals surface area contributed by atoms with E-state index in [9.17, 15) is 9.59 Å². The number of hydrogen-bond donors (Lipinski definition) is 0. The first-order chi connectivity index (χ1) is 24.0. The second-order valence-corrected chi connectivity index (χ2v) is 13.4. The van der Waals surface area contributed by atoms with Crippen LogP contribution in [0.2, 0.25) is 10.0 Å². The summed E-state index contributed by atoms with van der Waals surface area (Å²) in [4.78, 5) is 32.3. The number of allylic oxidation sites excluding steroid dienone is 8. The molecule has 2 aliphatic rings. The van der Waals surface area contributed by atoms with Crippen LogP contribution in [-0.4, -0.2) is 56.0 Å². The molecule has 2 aliphatic heterocycles. The van der Waals surface area contributed by atoms with Crippen molar-refractivity contribution in [1.29, 1.82) is 0 Å². The lowest BCUT2D eigenvalue weighted by molar-refractivity contribution is -0.126. The number of unbranched alkanes of at least 4 members (excludes halogenated alkanes) is 3. The fourth-order valence-corrected chi connectivity index (χ4v) is 6.55. The number of ether oxygens (including phenoxy) is 1. The molecule has 2 aromatic rings. The summed E-state index contributed by atoms with van der Waals surface area (Å²) in [6, 6.07) is 11.6. The lowest BCUT2D eigenvalue weighted by Crippen LogP contribution is -2.46. The smallest absolute Gasteiger partial charge is 0.234 e. The van der Waals surface area contributed by atoms with E-state index in [1.54, 1.807) is 0 Å². The topological polar surface area (TPSA) is 53.1 Å². The summed E-state index contributed by atoms with van der Waals surface area (Å²) in [5.74, 6) is 0.468. The number of carbonyl (C=O) groups excluding carboxylic acids is 2. The van der Waals surface area contributed by atoms with E-state index >= 15 is 0 Å². The standard InChI is InChI=1S/C41H53Cl2N3O3/c1-2-3-4-5-6-7-8-9-10-11-12-13-14-15-16-22-39(47)46-38-33-35(25-23-34(38)24-26-40(46)48)49-32-18-17-27-44-28-30-45(31-29-44)37-21-19-20-36(42)41(37)43/h3-4,6-7,9-10,12-13,19-21,23,25,33H,2,5,8,11,14-18,22,24,26-32H2,1H3. The minimum absolute atomic E-state index is 0.119. The van der Waals surface area contributed by atoms with E-state index in [0.29, 0.717) is 47.4 Å². The summed E-state index contributed by atoms with van der Waals surface area (Å²) < 4.78 is 6.09. The Hall–Kier alpha value is -3.32. The largest absolute Gasteiger partial charge is 0.494 e. The first-order valence-electron chi connectivity index (χ1n) is 18.1. The van der Waals surface area contributed by atoms with E-state index in [0.717, 1.165) is 102 Å². The zero-order chi connectivity index (χ0) is 34.7. The van der Waals surface area contributed by atoms with E-state index in [-0.39, 0.29) is 11.8 Å². The Bertz CT molecular complexity index is 1460. The average molecular weight is 707 g/mol. The first kappa shape index (κ1) is 38.5. The second kappa shape index (κ2) is 21.7. The molecule has 1 fully saturated rings. The van der Waals surface area contributed by atoms with Crippen LogP contribution in [0.15, 0.2) is 85.0 Å². The number of carbonyl (C=O) groups is 2. The quantitative estimate of drug-likeness (QED) is 0.108. The van der Waals surface area contributed by atoms with Crippen LogP contribution in [0.25, 0.3) is 0 Å². The molecule has 0 spiro atoms. The molecule has 8 heteroatoms. The van der Waals surface area contributed by atoms with Crippen LogP contribution in [0.5, 0.6) is 5.75 Å². The van der Waals surface area contributed by atoms with Crippen LogP contribution in [0.4, 0.5) is 11.4 Å². The number of aryl methyl sites for hydroxylation is 1. The minimum Gasteiger partial charge on any atom is -0.494 e. The predicted molar refractivity (Wildman–Crippen MR) is 206 cm³/mol. The summed E-state index contributed by atoms with van der Waals surface area (Å²) in [5, 5.41) is 1.22. The summed E-state index contributed by atoms with van der Waals surface area (Å²) in [7, 11) is 0. The molecule has 264 valence electrons. The number of anilines is 2. The Balaban J connectivity index is 1.12. The SMILES string of the molecule is CCC=CCC=CCC=CCC=CCCCCC(=O)N1C(=O)CCc2ccc(OCCCCN3CCN(c4cccc(Cl)c4Cl)CC3)cc21. The van der Waals surface area contributed by atoms with Crippen molar-refractivity contribution in [2.24, 2.45) is 0 Å². The van der Waals surface area contributed by atoms with Crippen LogP contribution in [0.3, 0.4) is 0 Å². The molecular formula is C41H53Cl2N3O3. The van der Waals surface area contributed by atoms with Gasteiger partial charge in [0.1, 0.15) is 5.75 Å². The van der Waals surface area contributed by atoms with Crippen LogP contribution in [-0.2, 0) is 16.0 Å². The maximum absolute atomic E-state index is 13.2. The Labute approximate surface area is 304 Å². The van der Waals surface area contributed by atoms with Crippen molar-refractivity contribution in [3.63, 3.8) is 0 Å². The molecular weight excluding hydrogens is 653 g/mol. The maximum atomic E-state index is 13.2. The van der Waals surface area contributed by atoms with Crippen molar-refractivity contribution in [3.8, 4) is 5.75 Å². The van der Waals surface area contributed by atoms with Gasteiger partial charge < -0.3 is 9.64 Å². The highest BCUT2D eigenvalue weighted by atomic mass is 35.5. The molecule has 49 heavy (non-hydrogen) atoms. The van der Waals surface area contributed by atoms with E-state index in [1.165, 1.54) is 4.90 Å². The molecule has 0 aliphatic carbocycles. The number of halogens is 2. The molecule has 2 heterocycles. The van der Waals surface area contributed by atoms with E-state index in [2.05, 4.69) is 65.3 Å². The fraction of sp³-hybridized carbons (Fsp3) is 0.463. The van der Waals surface area contributed by atoms with Gasteiger partial charge in [-0.05, 0) is 94.5 Å². The van der Waals surface area contributed by atoms with Crippen molar-refractivity contribution >= 4 is 46.4 Å². The molecule has 6 nitrogen and oxygen atoms in total. The third-order valence-electron chi connectivity index (χ3n) is 8.92. The molecule has 0 unspecified atom stereocenters. The van der Waals surface area contributed by atoms with Crippen molar-refractivity contribution < 1.29 is 14.3 Å². The van der Waals surface area contributed by atoms with Gasteiger partial charge in [-0.2, -0.15) is 0 Å². The molecule has 0 saturated carbocycles. The first-order valence-corrected chi connectivity index (χ1v) is 18.9. The van der Waals surface area contributed by atoms with Gasteiger partial charge >= 0.3 is 0 Å². The van der Waals surface area contributed by atoms with E-state index in [4.69, 9.17) is 27.9 Å². The van der Waals surface area contributed by atoms with Crippen molar-refractivity contribution in [2.75, 3.05) is 49.1 Å². The molecule has 4 rings (SSSR count). The number of hydrogen-bond acceptors (Lipinski definition) is 5. The van der Waals surface area contributed by atoms with E-state index < -0.39 is 0 Å². The number of fused-ring (bicyclic) bond motifs is 1. The molecule has 0 N–H and O–H groups in total. The summed E-state index contributed by atoms with van der Waals surface area (Å²) in [6.07, 6.45) is 27.5. The summed E-state index contributed by atoms with van der Waals surface area (Å²) in [6.45, 7) is 7.57. The van der Waals surface area contributed by atoms with Crippen molar-refractivity contribution in [1.82, 2.24) is 4.90 Å². The third-order valence-corrected chi connectivity index (χ3v) is 9.73. The van der Waals surface area contributed by atoms with Gasteiger partial charge in [0.25, 0.3) is 0 Å². The highest BCUT2D eigenvalue weighted by Crippen LogP contribution is 2.34. The normalized spacial score (nSPS) is 15.8. The Morgan fingerprint density at radius 2 is 1.51 bits per heavy atom. The van der Waals surface area contributed by atoms with Crippen LogP contribution in [0, 0.1) is 0 Å². The lowest BCUT2D eigenvalue weighted by Gasteiger charge is -2.36. The van der Waals surface area contributed by atoms with Gasteiger partial charge in [0.05, 0.1) is 28.0 Å². The number of rotatable bonds is 19. The predicted octanol–water partition coefficient (Wildman–Crippen LogP) is 10.1. The zero-order valence-corrected chi connectivity index (χ0v) is 30.6. The highest BCUT2D eigenvalue weighted by molar-refractivity contribution is 6.43. The molecule has 0 radical (unpaired) electrons. The Morgan fingerprint density at radius 3 is 2.24 bits per heavy atom. The molecule has 0 atom stereocenters. The second-order valence-electron chi connectivity index (χ2n) is 12.6. The van der Waals surface area contributed by atoms with Gasteiger partial charge in [0.2, 0.25) is 11.8 Å². The van der Waals surface area contributed by atoms with Crippen LogP contribution >= 0.6 is 23.2 Å². The number of imide groups is 1. The van der Waals surface area contributed by atoms with Crippen molar-refractivity contribution in [2.45, 2.75) is 84.0 Å². The van der Waals surface area contributed by atoms with Gasteiger partial charge in [-0.1, -0.05) is 90.9 Å². The fourth-order valence-electron chi connectivity index (χ4n) is 6.14. The number of benzene rings is 2. The van der Waals surface area contributed by atoms with Gasteiger partial charge in [-0.25, -0.2) is 0 Å². The summed E-state index contributed by atoms with van der Waals surface area (Å²) in [5.41, 5.74) is 2.72. The minimum atomic E-state index is -0.119.